The molecule has 5 rings (SSSR count). The van der Waals surface area contributed by atoms with E-state index in [0.29, 0.717) is 18.9 Å². The lowest BCUT2D eigenvalue weighted by atomic mass is 9.77. The monoisotopic (exact) mass is 478 g/mol. The average Bonchev–Trinajstić information content (AvgIpc) is 3.40. The smallest absolute Gasteiger partial charge is 0.221 e. The molecule has 1 aliphatic carbocycles. The van der Waals surface area contributed by atoms with Gasteiger partial charge in [-0.25, -0.2) is 0 Å². The quantitative estimate of drug-likeness (QED) is 0.272. The Balaban J connectivity index is 1.32. The number of H-pyrrole nitrogens is 1. The highest BCUT2D eigenvalue weighted by Gasteiger charge is 2.41. The van der Waals surface area contributed by atoms with Gasteiger partial charge in [0.05, 0.1) is 4.75 Å². The van der Waals surface area contributed by atoms with E-state index in [1.807, 2.05) is 18.0 Å². The number of carbonyl (C=O) groups is 1. The molecule has 1 atom stereocenters. The van der Waals surface area contributed by atoms with E-state index in [1.165, 1.54) is 11.1 Å². The standard InChI is InChI=1S/C31H30N2OS/c34-30(33-23-24-16-17-29-25(22-24)18-20-32-29)19-21-35-31(26-10-4-1-5-11-26,27-12-6-2-7-13-27)28-14-8-3-9-15-28/h1-14,16-18,20,22,28,32H,15,19,21,23H2,(H,33,34). The van der Waals surface area contributed by atoms with Gasteiger partial charge in [-0.3, -0.25) is 4.79 Å². The van der Waals surface area contributed by atoms with E-state index in [-0.39, 0.29) is 10.7 Å². The lowest BCUT2D eigenvalue weighted by molar-refractivity contribution is -0.120. The van der Waals surface area contributed by atoms with Crippen LogP contribution in [0.25, 0.3) is 10.9 Å². The van der Waals surface area contributed by atoms with Crippen LogP contribution in [0.1, 0.15) is 29.5 Å². The van der Waals surface area contributed by atoms with Crippen LogP contribution in [0.5, 0.6) is 0 Å². The number of aromatic amines is 1. The van der Waals surface area contributed by atoms with Crippen molar-refractivity contribution in [3.8, 4) is 0 Å². The van der Waals surface area contributed by atoms with Crippen molar-refractivity contribution in [3.63, 3.8) is 0 Å². The molecule has 0 bridgehead atoms. The first-order valence-electron chi connectivity index (χ1n) is 12.2. The third-order valence-electron chi connectivity index (χ3n) is 6.67. The van der Waals surface area contributed by atoms with E-state index in [9.17, 15) is 4.79 Å². The van der Waals surface area contributed by atoms with E-state index in [4.69, 9.17) is 0 Å². The van der Waals surface area contributed by atoms with Crippen LogP contribution < -0.4 is 5.32 Å². The molecular formula is C31H30N2OS. The molecule has 0 saturated heterocycles. The number of benzene rings is 3. The zero-order chi connectivity index (χ0) is 23.9. The van der Waals surface area contributed by atoms with Crippen LogP contribution in [0, 0.1) is 5.92 Å². The first-order chi connectivity index (χ1) is 17.3. The van der Waals surface area contributed by atoms with Crippen LogP contribution in [0.4, 0.5) is 0 Å². The molecule has 1 amide bonds. The fourth-order valence-corrected chi connectivity index (χ4v) is 6.53. The Morgan fingerprint density at radius 3 is 2.37 bits per heavy atom. The molecule has 0 spiro atoms. The van der Waals surface area contributed by atoms with Gasteiger partial charge in [-0.15, -0.1) is 11.8 Å². The number of amides is 1. The van der Waals surface area contributed by atoms with Gasteiger partial charge in [-0.1, -0.05) is 91.0 Å². The van der Waals surface area contributed by atoms with Crippen LogP contribution in [-0.2, 0) is 16.1 Å². The molecule has 0 fully saturated rings. The van der Waals surface area contributed by atoms with E-state index in [0.717, 1.165) is 28.6 Å². The second-order valence-electron chi connectivity index (χ2n) is 8.90. The maximum Gasteiger partial charge on any atom is 0.221 e. The zero-order valence-electron chi connectivity index (χ0n) is 19.7. The molecule has 3 nitrogen and oxygen atoms in total. The number of hydrogen-bond acceptors (Lipinski definition) is 2. The average molecular weight is 479 g/mol. The highest BCUT2D eigenvalue weighted by Crippen LogP contribution is 2.51. The Labute approximate surface area is 211 Å². The third kappa shape index (κ3) is 5.13. The molecule has 1 aromatic heterocycles. The Morgan fingerprint density at radius 1 is 0.943 bits per heavy atom. The SMILES string of the molecule is O=C(CCSC(c1ccccc1)(c1ccccc1)C1C=CC=CC1)NCc1ccc2[nH]ccc2c1. The Bertz CT molecular complexity index is 1280. The summed E-state index contributed by atoms with van der Waals surface area (Å²) < 4.78 is -0.261. The third-order valence-corrected chi connectivity index (χ3v) is 8.31. The fourth-order valence-electron chi connectivity index (χ4n) is 4.93. The molecule has 0 radical (unpaired) electrons. The summed E-state index contributed by atoms with van der Waals surface area (Å²) in [5, 5.41) is 4.28. The molecule has 4 heteroatoms. The predicted molar refractivity (Wildman–Crippen MR) is 147 cm³/mol. The summed E-state index contributed by atoms with van der Waals surface area (Å²) in [5.41, 5.74) is 4.78. The number of aromatic nitrogens is 1. The normalized spacial score (nSPS) is 15.4. The minimum Gasteiger partial charge on any atom is -0.361 e. The van der Waals surface area contributed by atoms with Crippen molar-refractivity contribution in [2.45, 2.75) is 24.1 Å². The molecular weight excluding hydrogens is 448 g/mol. The summed E-state index contributed by atoms with van der Waals surface area (Å²) in [6.45, 7) is 0.545. The van der Waals surface area contributed by atoms with Crippen molar-refractivity contribution < 1.29 is 4.79 Å². The molecule has 1 unspecified atom stereocenters. The molecule has 0 aliphatic heterocycles. The van der Waals surface area contributed by atoms with Crippen molar-refractivity contribution >= 4 is 28.6 Å². The van der Waals surface area contributed by atoms with Gasteiger partial charge in [0.15, 0.2) is 0 Å². The lowest BCUT2D eigenvalue weighted by Crippen LogP contribution is -2.34. The molecule has 35 heavy (non-hydrogen) atoms. The number of hydrogen-bond donors (Lipinski definition) is 2. The van der Waals surface area contributed by atoms with Crippen LogP contribution in [-0.4, -0.2) is 16.6 Å². The van der Waals surface area contributed by atoms with E-state index in [2.05, 4.69) is 120 Å². The molecule has 2 N–H and O–H groups in total. The van der Waals surface area contributed by atoms with Crippen LogP contribution in [0.3, 0.4) is 0 Å². The first-order valence-corrected chi connectivity index (χ1v) is 13.2. The Kier molecular flexibility index (Phi) is 7.20. The second kappa shape index (κ2) is 10.8. The predicted octanol–water partition coefficient (Wildman–Crippen LogP) is 6.98. The van der Waals surface area contributed by atoms with Crippen LogP contribution in [0.15, 0.2) is 115 Å². The van der Waals surface area contributed by atoms with E-state index >= 15 is 0 Å². The first kappa shape index (κ1) is 23.3. The zero-order valence-corrected chi connectivity index (χ0v) is 20.5. The van der Waals surface area contributed by atoms with Gasteiger partial charge in [0.25, 0.3) is 0 Å². The maximum atomic E-state index is 12.8. The summed E-state index contributed by atoms with van der Waals surface area (Å²) in [4.78, 5) is 16.0. The number of rotatable bonds is 9. The number of thioether (sulfide) groups is 1. The summed E-state index contributed by atoms with van der Waals surface area (Å²) in [5.74, 6) is 1.12. The molecule has 1 heterocycles. The molecule has 176 valence electrons. The highest BCUT2D eigenvalue weighted by atomic mass is 32.2. The minimum atomic E-state index is -0.261. The summed E-state index contributed by atoms with van der Waals surface area (Å²) in [6, 6.07) is 29.8. The van der Waals surface area contributed by atoms with Gasteiger partial charge in [-0.05, 0) is 46.7 Å². The lowest BCUT2D eigenvalue weighted by Gasteiger charge is -2.41. The minimum absolute atomic E-state index is 0.0840. The van der Waals surface area contributed by atoms with E-state index in [1.54, 1.807) is 0 Å². The van der Waals surface area contributed by atoms with Crippen molar-refractivity contribution in [1.29, 1.82) is 0 Å². The number of allylic oxidation sites excluding steroid dienone is 4. The van der Waals surface area contributed by atoms with Crippen molar-refractivity contribution in [2.75, 3.05) is 5.75 Å². The second-order valence-corrected chi connectivity index (χ2v) is 10.2. The number of fused-ring (bicyclic) bond motifs is 1. The largest absolute Gasteiger partial charge is 0.361 e. The van der Waals surface area contributed by atoms with Crippen molar-refractivity contribution in [1.82, 2.24) is 10.3 Å². The summed E-state index contributed by atoms with van der Waals surface area (Å²) >= 11 is 1.88. The van der Waals surface area contributed by atoms with E-state index < -0.39 is 0 Å². The van der Waals surface area contributed by atoms with Crippen molar-refractivity contribution in [3.05, 3.63) is 132 Å². The molecule has 0 saturated carbocycles. The van der Waals surface area contributed by atoms with Gasteiger partial charge < -0.3 is 10.3 Å². The van der Waals surface area contributed by atoms with Gasteiger partial charge in [0, 0.05) is 36.3 Å². The van der Waals surface area contributed by atoms with Gasteiger partial charge in [0.1, 0.15) is 0 Å². The Hall–Kier alpha value is -3.50. The summed E-state index contributed by atoms with van der Waals surface area (Å²) in [6.07, 6.45) is 12.2. The molecule has 4 aromatic rings. The van der Waals surface area contributed by atoms with Gasteiger partial charge >= 0.3 is 0 Å². The summed E-state index contributed by atoms with van der Waals surface area (Å²) in [7, 11) is 0. The van der Waals surface area contributed by atoms with Gasteiger partial charge in [-0.2, -0.15) is 0 Å². The molecule has 3 aromatic carbocycles. The topological polar surface area (TPSA) is 44.9 Å². The Morgan fingerprint density at radius 2 is 1.69 bits per heavy atom. The van der Waals surface area contributed by atoms with Gasteiger partial charge in [0.2, 0.25) is 5.91 Å². The number of carbonyl (C=O) groups excluding carboxylic acids is 1. The maximum absolute atomic E-state index is 12.8. The van der Waals surface area contributed by atoms with Crippen LogP contribution >= 0.6 is 11.8 Å². The molecule has 1 aliphatic rings. The fraction of sp³-hybridized carbons (Fsp3) is 0.194. The highest BCUT2D eigenvalue weighted by molar-refractivity contribution is 8.00. The van der Waals surface area contributed by atoms with Crippen LogP contribution in [0.2, 0.25) is 0 Å². The number of nitrogens with one attached hydrogen (secondary N) is 2. The van der Waals surface area contributed by atoms with Crippen molar-refractivity contribution in [2.24, 2.45) is 5.92 Å².